The van der Waals surface area contributed by atoms with Crippen LogP contribution in [0.15, 0.2) is 24.3 Å². The third-order valence-electron chi connectivity index (χ3n) is 4.54. The molecule has 1 aliphatic rings. The van der Waals surface area contributed by atoms with E-state index in [0.29, 0.717) is 0 Å². The van der Waals surface area contributed by atoms with Gasteiger partial charge in [0.15, 0.2) is 0 Å². The maximum absolute atomic E-state index is 12.7. The highest BCUT2D eigenvalue weighted by Gasteiger charge is 2.24. The summed E-state index contributed by atoms with van der Waals surface area (Å²) in [6.45, 7) is 3.99. The Morgan fingerprint density at radius 3 is 2.62 bits per heavy atom. The number of benzene rings is 1. The normalized spacial score (nSPS) is 16.4. The van der Waals surface area contributed by atoms with Gasteiger partial charge < -0.3 is 14.2 Å². The summed E-state index contributed by atoms with van der Waals surface area (Å²) in [6.07, 6.45) is 2.20. The summed E-state index contributed by atoms with van der Waals surface area (Å²) < 4.78 is 7.24. The predicted octanol–water partition coefficient (Wildman–Crippen LogP) is 3.06. The minimum Gasteiger partial charge on any atom is -0.497 e. The number of ether oxygens (including phenoxy) is 1. The van der Waals surface area contributed by atoms with Gasteiger partial charge in [-0.05, 0) is 37.0 Å². The van der Waals surface area contributed by atoms with Crippen LogP contribution in [0.2, 0.25) is 0 Å². The Labute approximate surface area is 125 Å². The number of hydrogen-bond acceptors (Lipinski definition) is 2. The number of nitrogens with zero attached hydrogens (tertiary/aromatic N) is 2. The van der Waals surface area contributed by atoms with Crippen LogP contribution >= 0.6 is 0 Å². The van der Waals surface area contributed by atoms with Crippen molar-refractivity contribution >= 4 is 16.8 Å². The van der Waals surface area contributed by atoms with E-state index in [-0.39, 0.29) is 5.91 Å². The van der Waals surface area contributed by atoms with Crippen LogP contribution in [0.25, 0.3) is 10.9 Å². The second-order valence-electron chi connectivity index (χ2n) is 5.99. The first-order valence-electron chi connectivity index (χ1n) is 7.53. The number of likely N-dealkylation sites (tertiary alicyclic amines) is 1. The van der Waals surface area contributed by atoms with E-state index in [0.717, 1.165) is 54.2 Å². The van der Waals surface area contributed by atoms with E-state index in [1.165, 1.54) is 0 Å². The lowest BCUT2D eigenvalue weighted by atomic mass is 9.99. The molecule has 3 rings (SSSR count). The Balaban J connectivity index is 1.93. The van der Waals surface area contributed by atoms with Crippen molar-refractivity contribution in [3.05, 3.63) is 30.0 Å². The van der Waals surface area contributed by atoms with E-state index in [9.17, 15) is 4.79 Å². The smallest absolute Gasteiger partial charge is 0.270 e. The summed E-state index contributed by atoms with van der Waals surface area (Å²) in [6, 6.07) is 7.89. The van der Waals surface area contributed by atoms with Gasteiger partial charge in [-0.3, -0.25) is 4.79 Å². The molecule has 0 atom stereocenters. The molecule has 1 aliphatic heterocycles. The number of methoxy groups -OCH3 is 1. The number of rotatable bonds is 2. The molecule has 2 heterocycles. The Morgan fingerprint density at radius 1 is 1.24 bits per heavy atom. The molecule has 0 aliphatic carbocycles. The number of aryl methyl sites for hydroxylation is 1. The van der Waals surface area contributed by atoms with Gasteiger partial charge in [0.25, 0.3) is 5.91 Å². The maximum atomic E-state index is 12.7. The van der Waals surface area contributed by atoms with Crippen LogP contribution in [0.4, 0.5) is 0 Å². The van der Waals surface area contributed by atoms with Crippen LogP contribution in [-0.4, -0.2) is 35.6 Å². The minimum absolute atomic E-state index is 0.138. The van der Waals surface area contributed by atoms with Crippen molar-refractivity contribution < 1.29 is 9.53 Å². The quantitative estimate of drug-likeness (QED) is 0.850. The van der Waals surface area contributed by atoms with Crippen LogP contribution in [0.3, 0.4) is 0 Å². The molecule has 0 bridgehead atoms. The molecule has 1 aromatic carbocycles. The number of fused-ring (bicyclic) bond motifs is 1. The van der Waals surface area contributed by atoms with Crippen LogP contribution in [0.1, 0.15) is 30.3 Å². The number of aromatic nitrogens is 1. The standard InChI is InChI=1S/C17H22N2O2/c1-12-6-8-19(9-7-12)17(20)16-10-13-4-5-14(21-3)11-15(13)18(16)2/h4-5,10-12H,6-9H2,1-3H3. The topological polar surface area (TPSA) is 34.5 Å². The van der Waals surface area contributed by atoms with Gasteiger partial charge in [-0.15, -0.1) is 0 Å². The van der Waals surface area contributed by atoms with Gasteiger partial charge in [0.2, 0.25) is 0 Å². The Kier molecular flexibility index (Phi) is 3.62. The summed E-state index contributed by atoms with van der Waals surface area (Å²) in [7, 11) is 3.60. The Bertz CT molecular complexity index is 667. The van der Waals surface area contributed by atoms with E-state index in [4.69, 9.17) is 4.74 Å². The first-order valence-corrected chi connectivity index (χ1v) is 7.53. The van der Waals surface area contributed by atoms with Gasteiger partial charge in [-0.25, -0.2) is 0 Å². The molecule has 0 unspecified atom stereocenters. The van der Waals surface area contributed by atoms with E-state index >= 15 is 0 Å². The van der Waals surface area contributed by atoms with E-state index in [1.807, 2.05) is 40.8 Å². The molecule has 4 nitrogen and oxygen atoms in total. The third-order valence-corrected chi connectivity index (χ3v) is 4.54. The number of piperidine rings is 1. The largest absolute Gasteiger partial charge is 0.497 e. The molecule has 112 valence electrons. The molecule has 2 aromatic rings. The molecule has 4 heteroatoms. The zero-order valence-corrected chi connectivity index (χ0v) is 12.9. The highest BCUT2D eigenvalue weighted by Crippen LogP contribution is 2.25. The molecule has 1 amide bonds. The van der Waals surface area contributed by atoms with Crippen molar-refractivity contribution in [2.45, 2.75) is 19.8 Å². The second-order valence-corrected chi connectivity index (χ2v) is 5.99. The van der Waals surface area contributed by atoms with Crippen molar-refractivity contribution in [2.75, 3.05) is 20.2 Å². The van der Waals surface area contributed by atoms with Crippen LogP contribution in [0, 0.1) is 5.92 Å². The molecule has 1 saturated heterocycles. The lowest BCUT2D eigenvalue weighted by molar-refractivity contribution is 0.0688. The van der Waals surface area contributed by atoms with Crippen LogP contribution in [-0.2, 0) is 7.05 Å². The van der Waals surface area contributed by atoms with Gasteiger partial charge >= 0.3 is 0 Å². The highest BCUT2D eigenvalue weighted by atomic mass is 16.5. The first-order chi connectivity index (χ1) is 10.1. The predicted molar refractivity (Wildman–Crippen MR) is 83.8 cm³/mol. The molecule has 0 saturated carbocycles. The molecule has 1 aromatic heterocycles. The number of carbonyl (C=O) groups is 1. The summed E-state index contributed by atoms with van der Waals surface area (Å²) in [5.74, 6) is 1.68. The van der Waals surface area contributed by atoms with Crippen molar-refractivity contribution in [2.24, 2.45) is 13.0 Å². The van der Waals surface area contributed by atoms with Crippen molar-refractivity contribution in [3.8, 4) is 5.75 Å². The van der Waals surface area contributed by atoms with Gasteiger partial charge in [0, 0.05) is 31.6 Å². The summed E-state index contributed by atoms with van der Waals surface area (Å²) in [4.78, 5) is 14.7. The lowest BCUT2D eigenvalue weighted by Gasteiger charge is -2.30. The first kappa shape index (κ1) is 14.0. The molecule has 0 spiro atoms. The van der Waals surface area contributed by atoms with Crippen molar-refractivity contribution in [1.29, 1.82) is 0 Å². The lowest BCUT2D eigenvalue weighted by Crippen LogP contribution is -2.38. The number of hydrogen-bond donors (Lipinski definition) is 0. The van der Waals surface area contributed by atoms with Gasteiger partial charge in [0.05, 0.1) is 12.6 Å². The molecule has 0 N–H and O–H groups in total. The van der Waals surface area contributed by atoms with Gasteiger partial charge in [-0.2, -0.15) is 0 Å². The highest BCUT2D eigenvalue weighted by molar-refractivity contribution is 5.99. The number of amides is 1. The fourth-order valence-corrected chi connectivity index (χ4v) is 3.02. The number of carbonyl (C=O) groups excluding carboxylic acids is 1. The van der Waals surface area contributed by atoms with E-state index in [2.05, 4.69) is 6.92 Å². The molecule has 21 heavy (non-hydrogen) atoms. The fourth-order valence-electron chi connectivity index (χ4n) is 3.02. The summed E-state index contributed by atoms with van der Waals surface area (Å²) in [5.41, 5.74) is 1.79. The van der Waals surface area contributed by atoms with Gasteiger partial charge in [-0.1, -0.05) is 6.92 Å². The summed E-state index contributed by atoms with van der Waals surface area (Å²) >= 11 is 0. The second kappa shape index (κ2) is 5.43. The maximum Gasteiger partial charge on any atom is 0.270 e. The van der Waals surface area contributed by atoms with Gasteiger partial charge in [0.1, 0.15) is 11.4 Å². The Morgan fingerprint density at radius 2 is 1.95 bits per heavy atom. The monoisotopic (exact) mass is 286 g/mol. The van der Waals surface area contributed by atoms with Crippen molar-refractivity contribution in [3.63, 3.8) is 0 Å². The summed E-state index contributed by atoms with van der Waals surface area (Å²) in [5, 5.41) is 1.08. The van der Waals surface area contributed by atoms with Crippen LogP contribution < -0.4 is 4.74 Å². The van der Waals surface area contributed by atoms with E-state index in [1.54, 1.807) is 7.11 Å². The molecule has 0 radical (unpaired) electrons. The molecular formula is C17H22N2O2. The fraction of sp³-hybridized carbons (Fsp3) is 0.471. The average molecular weight is 286 g/mol. The zero-order chi connectivity index (χ0) is 15.0. The molecular weight excluding hydrogens is 264 g/mol. The minimum atomic E-state index is 0.138. The SMILES string of the molecule is COc1ccc2cc(C(=O)N3CCC(C)CC3)n(C)c2c1. The van der Waals surface area contributed by atoms with Crippen LogP contribution in [0.5, 0.6) is 5.75 Å². The Hall–Kier alpha value is -1.97. The van der Waals surface area contributed by atoms with E-state index < -0.39 is 0 Å². The average Bonchev–Trinajstić information content (AvgIpc) is 2.84. The third kappa shape index (κ3) is 2.50. The van der Waals surface area contributed by atoms with Crippen molar-refractivity contribution in [1.82, 2.24) is 9.47 Å². The zero-order valence-electron chi connectivity index (χ0n) is 12.9. The molecule has 1 fully saturated rings.